The van der Waals surface area contributed by atoms with E-state index < -0.39 is 6.10 Å². The Morgan fingerprint density at radius 2 is 1.79 bits per heavy atom. The third kappa shape index (κ3) is 5.99. The van der Waals surface area contributed by atoms with Crippen molar-refractivity contribution >= 4 is 17.5 Å². The van der Waals surface area contributed by atoms with Crippen LogP contribution >= 0.6 is 0 Å². The normalized spacial score (nSPS) is 11.4. The van der Waals surface area contributed by atoms with Crippen molar-refractivity contribution in [3.63, 3.8) is 0 Å². The number of methoxy groups -OCH3 is 2. The summed E-state index contributed by atoms with van der Waals surface area (Å²) in [6.45, 7) is 2.65. The number of rotatable bonds is 10. The van der Waals surface area contributed by atoms with Crippen molar-refractivity contribution in [2.45, 2.75) is 19.4 Å². The van der Waals surface area contributed by atoms with E-state index in [9.17, 15) is 9.59 Å². The summed E-state index contributed by atoms with van der Waals surface area (Å²) in [5.74, 6) is 0.565. The Labute approximate surface area is 165 Å². The van der Waals surface area contributed by atoms with Crippen LogP contribution in [0.1, 0.15) is 23.7 Å². The van der Waals surface area contributed by atoms with E-state index >= 15 is 0 Å². The molecule has 0 aromatic heterocycles. The van der Waals surface area contributed by atoms with Gasteiger partial charge in [-0.05, 0) is 30.7 Å². The highest BCUT2D eigenvalue weighted by molar-refractivity contribution is 6.04. The number of anilines is 1. The second-order valence-electron chi connectivity index (χ2n) is 5.98. The minimum atomic E-state index is -0.711. The lowest BCUT2D eigenvalue weighted by molar-refractivity contribution is -0.122. The Bertz CT molecular complexity index is 794. The van der Waals surface area contributed by atoms with E-state index in [2.05, 4.69) is 10.6 Å². The number of carbonyl (C=O) groups excluding carboxylic acids is 2. The summed E-state index contributed by atoms with van der Waals surface area (Å²) in [6, 6.07) is 13.9. The molecule has 0 unspecified atom stereocenters. The van der Waals surface area contributed by atoms with Crippen molar-refractivity contribution in [1.82, 2.24) is 5.32 Å². The van der Waals surface area contributed by atoms with Crippen LogP contribution in [0.4, 0.5) is 5.69 Å². The van der Waals surface area contributed by atoms with Gasteiger partial charge in [-0.1, -0.05) is 25.1 Å². The van der Waals surface area contributed by atoms with E-state index in [1.165, 1.54) is 0 Å². The number of carbonyl (C=O) groups is 2. The number of hydrogen-bond donors (Lipinski definition) is 2. The highest BCUT2D eigenvalue weighted by atomic mass is 16.5. The Morgan fingerprint density at radius 3 is 2.50 bits per heavy atom. The van der Waals surface area contributed by atoms with Gasteiger partial charge in [0, 0.05) is 19.7 Å². The van der Waals surface area contributed by atoms with Gasteiger partial charge in [-0.15, -0.1) is 0 Å². The Kier molecular flexibility index (Phi) is 8.30. The summed E-state index contributed by atoms with van der Waals surface area (Å²) in [5, 5.41) is 5.54. The van der Waals surface area contributed by atoms with Crippen LogP contribution in [-0.2, 0) is 9.53 Å². The number of para-hydroxylation sites is 1. The molecular weight excluding hydrogens is 360 g/mol. The fourth-order valence-corrected chi connectivity index (χ4v) is 2.53. The topological polar surface area (TPSA) is 85.9 Å². The molecule has 0 fully saturated rings. The number of amides is 2. The average Bonchev–Trinajstić information content (AvgIpc) is 2.72. The van der Waals surface area contributed by atoms with E-state index in [-0.39, 0.29) is 11.8 Å². The summed E-state index contributed by atoms with van der Waals surface area (Å²) in [7, 11) is 3.13. The largest absolute Gasteiger partial charge is 0.497 e. The lowest BCUT2D eigenvalue weighted by Gasteiger charge is -2.19. The van der Waals surface area contributed by atoms with Crippen LogP contribution in [0.5, 0.6) is 11.5 Å². The van der Waals surface area contributed by atoms with Crippen LogP contribution in [0, 0.1) is 0 Å². The minimum absolute atomic E-state index is 0.283. The Morgan fingerprint density at radius 1 is 1.04 bits per heavy atom. The second-order valence-corrected chi connectivity index (χ2v) is 5.98. The molecular formula is C21H26N2O5. The van der Waals surface area contributed by atoms with Gasteiger partial charge in [0.2, 0.25) is 0 Å². The maximum absolute atomic E-state index is 12.7. The lowest BCUT2D eigenvalue weighted by Crippen LogP contribution is -2.34. The van der Waals surface area contributed by atoms with Gasteiger partial charge < -0.3 is 24.8 Å². The molecule has 2 aromatic carbocycles. The molecule has 28 heavy (non-hydrogen) atoms. The van der Waals surface area contributed by atoms with Crippen molar-refractivity contribution in [2.75, 3.05) is 32.7 Å². The molecule has 0 saturated carbocycles. The molecule has 7 nitrogen and oxygen atoms in total. The zero-order valence-corrected chi connectivity index (χ0v) is 16.4. The van der Waals surface area contributed by atoms with Gasteiger partial charge in [0.05, 0.1) is 25.0 Å². The fourth-order valence-electron chi connectivity index (χ4n) is 2.53. The summed E-state index contributed by atoms with van der Waals surface area (Å²) < 4.78 is 15.9. The number of nitrogens with one attached hydrogen (secondary N) is 2. The SMILES string of the molecule is CC[C@@H](Oc1cccc(OC)c1)C(=O)Nc1ccccc1C(=O)NCCOC. The molecule has 0 aliphatic carbocycles. The standard InChI is InChI=1S/C21H26N2O5/c1-4-19(28-16-9-7-8-15(14-16)27-3)21(25)23-18-11-6-5-10-17(18)20(24)22-12-13-26-2/h5-11,14,19H,4,12-13H2,1-3H3,(H,22,24)(H,23,25)/t19-/m1/s1. The van der Waals surface area contributed by atoms with Crippen LogP contribution < -0.4 is 20.1 Å². The molecule has 7 heteroatoms. The summed E-state index contributed by atoms with van der Waals surface area (Å²) >= 11 is 0. The molecule has 2 aromatic rings. The van der Waals surface area contributed by atoms with Crippen LogP contribution in [0.3, 0.4) is 0 Å². The maximum atomic E-state index is 12.7. The first-order valence-corrected chi connectivity index (χ1v) is 9.06. The quantitative estimate of drug-likeness (QED) is 0.613. The van der Waals surface area contributed by atoms with Crippen molar-refractivity contribution in [3.8, 4) is 11.5 Å². The highest BCUT2D eigenvalue weighted by Crippen LogP contribution is 2.22. The van der Waals surface area contributed by atoms with Crippen LogP contribution in [0.2, 0.25) is 0 Å². The smallest absolute Gasteiger partial charge is 0.265 e. The first-order chi connectivity index (χ1) is 13.6. The summed E-state index contributed by atoms with van der Waals surface area (Å²) in [5.41, 5.74) is 0.804. The molecule has 0 saturated heterocycles. The van der Waals surface area contributed by atoms with Gasteiger partial charge in [-0.25, -0.2) is 0 Å². The monoisotopic (exact) mass is 386 g/mol. The molecule has 0 aliphatic rings. The molecule has 1 atom stereocenters. The minimum Gasteiger partial charge on any atom is -0.497 e. The number of hydrogen-bond acceptors (Lipinski definition) is 5. The molecule has 2 rings (SSSR count). The fraction of sp³-hybridized carbons (Fsp3) is 0.333. The summed E-state index contributed by atoms with van der Waals surface area (Å²) in [6.07, 6.45) is -0.248. The lowest BCUT2D eigenvalue weighted by atomic mass is 10.1. The molecule has 2 N–H and O–H groups in total. The van der Waals surface area contributed by atoms with E-state index in [4.69, 9.17) is 14.2 Å². The predicted molar refractivity (Wildman–Crippen MR) is 107 cm³/mol. The Balaban J connectivity index is 2.08. The molecule has 150 valence electrons. The van der Waals surface area contributed by atoms with Crippen molar-refractivity contribution < 1.29 is 23.8 Å². The molecule has 0 heterocycles. The number of ether oxygens (including phenoxy) is 3. The predicted octanol–water partition coefficient (Wildman–Crippen LogP) is 2.87. The molecule has 0 spiro atoms. The van der Waals surface area contributed by atoms with E-state index in [0.29, 0.717) is 42.3 Å². The Hall–Kier alpha value is -3.06. The zero-order chi connectivity index (χ0) is 20.4. The van der Waals surface area contributed by atoms with Gasteiger partial charge in [0.25, 0.3) is 11.8 Å². The zero-order valence-electron chi connectivity index (χ0n) is 16.4. The first-order valence-electron chi connectivity index (χ1n) is 9.06. The van der Waals surface area contributed by atoms with Crippen LogP contribution in [0.25, 0.3) is 0 Å². The van der Waals surface area contributed by atoms with Crippen molar-refractivity contribution in [1.29, 1.82) is 0 Å². The number of benzene rings is 2. The molecule has 0 aliphatic heterocycles. The maximum Gasteiger partial charge on any atom is 0.265 e. The van der Waals surface area contributed by atoms with Crippen molar-refractivity contribution in [2.24, 2.45) is 0 Å². The van der Waals surface area contributed by atoms with Gasteiger partial charge in [0.15, 0.2) is 6.10 Å². The van der Waals surface area contributed by atoms with E-state index in [0.717, 1.165) is 0 Å². The van der Waals surface area contributed by atoms with Gasteiger partial charge in [-0.2, -0.15) is 0 Å². The molecule has 0 radical (unpaired) electrons. The second kappa shape index (κ2) is 10.9. The molecule has 2 amide bonds. The third-order valence-electron chi connectivity index (χ3n) is 4.00. The third-order valence-corrected chi connectivity index (χ3v) is 4.00. The van der Waals surface area contributed by atoms with Crippen molar-refractivity contribution in [3.05, 3.63) is 54.1 Å². The van der Waals surface area contributed by atoms with Crippen LogP contribution in [-0.4, -0.2) is 45.3 Å². The van der Waals surface area contributed by atoms with E-state index in [1.807, 2.05) is 6.92 Å². The van der Waals surface area contributed by atoms with Gasteiger partial charge in [0.1, 0.15) is 11.5 Å². The van der Waals surface area contributed by atoms with Gasteiger partial charge in [-0.3, -0.25) is 9.59 Å². The first kappa shape index (κ1) is 21.2. The average molecular weight is 386 g/mol. The van der Waals surface area contributed by atoms with Crippen LogP contribution in [0.15, 0.2) is 48.5 Å². The van der Waals surface area contributed by atoms with Gasteiger partial charge >= 0.3 is 0 Å². The summed E-state index contributed by atoms with van der Waals surface area (Å²) in [4.78, 5) is 25.1. The molecule has 0 bridgehead atoms. The van der Waals surface area contributed by atoms with E-state index in [1.54, 1.807) is 62.8 Å². The highest BCUT2D eigenvalue weighted by Gasteiger charge is 2.21.